The minimum Gasteiger partial charge on any atom is -0.454 e. The number of rotatable bonds is 5. The Kier molecular flexibility index (Phi) is 4.53. The first-order chi connectivity index (χ1) is 13.1. The van der Waals surface area contributed by atoms with Crippen LogP contribution in [0.15, 0.2) is 42.5 Å². The molecule has 3 amide bonds. The van der Waals surface area contributed by atoms with Gasteiger partial charge < -0.3 is 19.7 Å². The quantitative estimate of drug-likeness (QED) is 0.874. The second kappa shape index (κ2) is 7.14. The molecule has 4 rings (SSSR count). The predicted octanol–water partition coefficient (Wildman–Crippen LogP) is 2.11. The number of amides is 3. The van der Waals surface area contributed by atoms with E-state index in [1.54, 1.807) is 18.2 Å². The van der Waals surface area contributed by atoms with Gasteiger partial charge in [-0.15, -0.1) is 0 Å². The second-order valence-electron chi connectivity index (χ2n) is 6.30. The maximum absolute atomic E-state index is 13.0. The molecule has 0 saturated carbocycles. The van der Waals surface area contributed by atoms with Crippen molar-refractivity contribution in [1.82, 2.24) is 10.2 Å². The Morgan fingerprint density at radius 2 is 1.85 bits per heavy atom. The molecule has 0 unspecified atom stereocenters. The van der Waals surface area contributed by atoms with Gasteiger partial charge in [0.25, 0.3) is 0 Å². The van der Waals surface area contributed by atoms with Gasteiger partial charge >= 0.3 is 6.03 Å². The average Bonchev–Trinajstić information content (AvgIpc) is 3.27. The van der Waals surface area contributed by atoms with Crippen molar-refractivity contribution in [3.63, 3.8) is 0 Å². The number of benzene rings is 2. The van der Waals surface area contributed by atoms with Gasteiger partial charge in [0.15, 0.2) is 11.5 Å². The summed E-state index contributed by atoms with van der Waals surface area (Å²) in [7, 11) is 0. The third-order valence-electron chi connectivity index (χ3n) is 4.49. The Labute approximate surface area is 155 Å². The van der Waals surface area contributed by atoms with Crippen molar-refractivity contribution in [1.29, 1.82) is 0 Å². The van der Waals surface area contributed by atoms with Crippen LogP contribution in [0.5, 0.6) is 11.5 Å². The van der Waals surface area contributed by atoms with E-state index in [-0.39, 0.29) is 31.1 Å². The van der Waals surface area contributed by atoms with Gasteiger partial charge in [-0.1, -0.05) is 6.07 Å². The van der Waals surface area contributed by atoms with Crippen LogP contribution in [0.2, 0.25) is 0 Å². The lowest BCUT2D eigenvalue weighted by Crippen LogP contribution is -2.39. The van der Waals surface area contributed by atoms with E-state index in [9.17, 15) is 14.0 Å². The van der Waals surface area contributed by atoms with Gasteiger partial charge in [-0.05, 0) is 42.0 Å². The summed E-state index contributed by atoms with van der Waals surface area (Å²) in [6, 6.07) is 10.9. The van der Waals surface area contributed by atoms with Crippen LogP contribution in [0, 0.1) is 5.82 Å². The number of ether oxygens (including phenoxy) is 2. The van der Waals surface area contributed by atoms with Gasteiger partial charge in [0.2, 0.25) is 12.7 Å². The molecule has 0 aromatic heterocycles. The smallest absolute Gasteiger partial charge is 0.325 e. The molecular weight excluding hydrogens is 353 g/mol. The minimum atomic E-state index is -0.356. The van der Waals surface area contributed by atoms with E-state index >= 15 is 0 Å². The number of urea groups is 1. The molecule has 0 spiro atoms. The molecule has 8 heteroatoms. The molecule has 1 fully saturated rings. The van der Waals surface area contributed by atoms with Crippen molar-refractivity contribution in [3.8, 4) is 11.5 Å². The van der Waals surface area contributed by atoms with Crippen LogP contribution >= 0.6 is 0 Å². The van der Waals surface area contributed by atoms with Gasteiger partial charge in [-0.2, -0.15) is 0 Å². The monoisotopic (exact) mass is 371 g/mol. The van der Waals surface area contributed by atoms with Crippen molar-refractivity contribution in [3.05, 3.63) is 53.8 Å². The van der Waals surface area contributed by atoms with Gasteiger partial charge in [0, 0.05) is 25.3 Å². The summed E-state index contributed by atoms with van der Waals surface area (Å²) in [5.41, 5.74) is 1.50. The number of anilines is 1. The maximum atomic E-state index is 13.0. The lowest BCUT2D eigenvalue weighted by Gasteiger charge is -2.18. The van der Waals surface area contributed by atoms with Gasteiger partial charge in [0.1, 0.15) is 12.4 Å². The van der Waals surface area contributed by atoms with Crippen LogP contribution in [-0.2, 0) is 11.3 Å². The van der Waals surface area contributed by atoms with E-state index in [1.807, 2.05) is 12.1 Å². The van der Waals surface area contributed by atoms with E-state index in [1.165, 1.54) is 21.9 Å². The zero-order chi connectivity index (χ0) is 18.8. The molecule has 7 nitrogen and oxygen atoms in total. The van der Waals surface area contributed by atoms with Gasteiger partial charge in [-0.25, -0.2) is 9.18 Å². The lowest BCUT2D eigenvalue weighted by molar-refractivity contribution is -0.121. The summed E-state index contributed by atoms with van der Waals surface area (Å²) in [4.78, 5) is 27.7. The first kappa shape index (κ1) is 17.1. The van der Waals surface area contributed by atoms with Crippen LogP contribution in [0.1, 0.15) is 5.56 Å². The molecule has 1 N–H and O–H groups in total. The highest BCUT2D eigenvalue weighted by Crippen LogP contribution is 2.32. The van der Waals surface area contributed by atoms with Crippen molar-refractivity contribution in [2.24, 2.45) is 0 Å². The molecule has 2 aromatic carbocycles. The standard InChI is InChI=1S/C19H18FN3O4/c20-14-2-4-15(5-3-14)23-8-7-22(19(23)25)11-18(24)21-10-13-1-6-16-17(9-13)27-12-26-16/h1-6,9H,7-8,10-12H2,(H,21,24). The van der Waals surface area contributed by atoms with E-state index in [2.05, 4.69) is 5.32 Å². The first-order valence-electron chi connectivity index (χ1n) is 8.57. The maximum Gasteiger partial charge on any atom is 0.325 e. The second-order valence-corrected chi connectivity index (χ2v) is 6.30. The predicted molar refractivity (Wildman–Crippen MR) is 95.1 cm³/mol. The van der Waals surface area contributed by atoms with Crippen LogP contribution in [0.3, 0.4) is 0 Å². The zero-order valence-corrected chi connectivity index (χ0v) is 14.5. The van der Waals surface area contributed by atoms with Gasteiger partial charge in [-0.3, -0.25) is 9.69 Å². The molecule has 1 saturated heterocycles. The van der Waals surface area contributed by atoms with Crippen LogP contribution in [0.25, 0.3) is 0 Å². The summed E-state index contributed by atoms with van der Waals surface area (Å²) in [5.74, 6) is 0.743. The normalized spacial score (nSPS) is 15.4. The highest BCUT2D eigenvalue weighted by atomic mass is 19.1. The number of fused-ring (bicyclic) bond motifs is 1. The molecule has 0 radical (unpaired) electrons. The minimum absolute atomic E-state index is 0.0267. The summed E-state index contributed by atoms with van der Waals surface area (Å²) in [6.07, 6.45) is 0. The number of carbonyl (C=O) groups excluding carboxylic acids is 2. The molecule has 27 heavy (non-hydrogen) atoms. The van der Waals surface area contributed by atoms with Crippen molar-refractivity contribution in [2.75, 3.05) is 31.3 Å². The fraction of sp³-hybridized carbons (Fsp3) is 0.263. The number of nitrogens with one attached hydrogen (secondary N) is 1. The molecule has 0 bridgehead atoms. The lowest BCUT2D eigenvalue weighted by atomic mass is 10.2. The number of nitrogens with zero attached hydrogens (tertiary/aromatic N) is 2. The largest absolute Gasteiger partial charge is 0.454 e. The summed E-state index contributed by atoms with van der Waals surface area (Å²) in [5, 5.41) is 2.80. The molecule has 2 aromatic rings. The Morgan fingerprint density at radius 3 is 2.67 bits per heavy atom. The third-order valence-corrected chi connectivity index (χ3v) is 4.49. The van der Waals surface area contributed by atoms with E-state index in [0.717, 1.165) is 5.56 Å². The van der Waals surface area contributed by atoms with E-state index < -0.39 is 0 Å². The molecule has 0 aliphatic carbocycles. The van der Waals surface area contributed by atoms with Crippen molar-refractivity contribution >= 4 is 17.6 Å². The van der Waals surface area contributed by atoms with Crippen molar-refractivity contribution in [2.45, 2.75) is 6.54 Å². The van der Waals surface area contributed by atoms with Gasteiger partial charge in [0.05, 0.1) is 0 Å². The first-order valence-corrected chi connectivity index (χ1v) is 8.57. The summed E-state index contributed by atoms with van der Waals surface area (Å²) >= 11 is 0. The van der Waals surface area contributed by atoms with Crippen LogP contribution in [0.4, 0.5) is 14.9 Å². The van der Waals surface area contributed by atoms with Crippen molar-refractivity contribution < 1.29 is 23.5 Å². The molecular formula is C19H18FN3O4. The molecule has 2 aliphatic heterocycles. The number of hydrogen-bond acceptors (Lipinski definition) is 4. The fourth-order valence-electron chi connectivity index (χ4n) is 3.07. The topological polar surface area (TPSA) is 71.1 Å². The van der Waals surface area contributed by atoms with E-state index in [4.69, 9.17) is 9.47 Å². The molecule has 140 valence electrons. The molecule has 0 atom stereocenters. The van der Waals surface area contributed by atoms with E-state index in [0.29, 0.717) is 36.8 Å². The van der Waals surface area contributed by atoms with Crippen LogP contribution < -0.4 is 19.7 Å². The Balaban J connectivity index is 1.30. The Bertz CT molecular complexity index is 872. The van der Waals surface area contributed by atoms with Crippen LogP contribution in [-0.4, -0.2) is 43.3 Å². The highest BCUT2D eigenvalue weighted by molar-refractivity contribution is 5.96. The molecule has 2 heterocycles. The Hall–Kier alpha value is -3.29. The number of hydrogen-bond donors (Lipinski definition) is 1. The number of carbonyl (C=O) groups is 2. The highest BCUT2D eigenvalue weighted by Gasteiger charge is 2.30. The zero-order valence-electron chi connectivity index (χ0n) is 14.5. The average molecular weight is 371 g/mol. The molecule has 2 aliphatic rings. The number of halogens is 1. The Morgan fingerprint density at radius 1 is 1.07 bits per heavy atom. The summed E-state index contributed by atoms with van der Waals surface area (Å²) < 4.78 is 23.6. The fourth-order valence-corrected chi connectivity index (χ4v) is 3.07. The summed E-state index contributed by atoms with van der Waals surface area (Å²) in [6.45, 7) is 1.40. The third kappa shape index (κ3) is 3.64. The SMILES string of the molecule is O=C(CN1CCN(c2ccc(F)cc2)C1=O)NCc1ccc2c(c1)OCO2.